The minimum atomic E-state index is 0.557. The van der Waals surface area contributed by atoms with Crippen molar-refractivity contribution in [2.45, 2.75) is 32.4 Å². The molecule has 0 unspecified atom stereocenters. The molecule has 0 amide bonds. The van der Waals surface area contributed by atoms with Crippen LogP contribution in [0.15, 0.2) is 17.4 Å². The van der Waals surface area contributed by atoms with Gasteiger partial charge < -0.3 is 5.32 Å². The summed E-state index contributed by atoms with van der Waals surface area (Å²) in [5.74, 6) is 6.04. The first-order chi connectivity index (χ1) is 7.78. The molecule has 4 N–H and O–H groups in total. The quantitative estimate of drug-likeness (QED) is 0.284. The molecule has 6 nitrogen and oxygen atoms in total. The maximum atomic E-state index is 5.37. The molecule has 0 saturated heterocycles. The molecule has 1 aromatic rings. The Morgan fingerprint density at radius 3 is 3.06 bits per heavy atom. The van der Waals surface area contributed by atoms with Gasteiger partial charge in [-0.1, -0.05) is 0 Å². The molecule has 1 aromatic heterocycles. The lowest BCUT2D eigenvalue weighted by Crippen LogP contribution is -2.42. The smallest absolute Gasteiger partial charge is 0.206 e. The first-order valence-corrected chi connectivity index (χ1v) is 5.54. The summed E-state index contributed by atoms with van der Waals surface area (Å²) in [6.07, 6.45) is 6.26. The van der Waals surface area contributed by atoms with Crippen LogP contribution in [0.3, 0.4) is 0 Å². The van der Waals surface area contributed by atoms with E-state index in [1.807, 2.05) is 24.0 Å². The number of nitrogens with two attached hydrogens (primary N) is 1. The van der Waals surface area contributed by atoms with Gasteiger partial charge in [-0.3, -0.25) is 15.1 Å². The number of guanidine groups is 1. The van der Waals surface area contributed by atoms with E-state index in [-0.39, 0.29) is 0 Å². The van der Waals surface area contributed by atoms with E-state index in [2.05, 4.69) is 20.8 Å². The third kappa shape index (κ3) is 3.23. The molecular formula is C10H18N6. The highest BCUT2D eigenvalue weighted by atomic mass is 15.3. The van der Waals surface area contributed by atoms with Crippen LogP contribution in [0.4, 0.5) is 0 Å². The highest BCUT2D eigenvalue weighted by Crippen LogP contribution is 2.18. The van der Waals surface area contributed by atoms with E-state index in [4.69, 9.17) is 5.84 Å². The van der Waals surface area contributed by atoms with E-state index in [0.717, 1.165) is 12.1 Å². The van der Waals surface area contributed by atoms with E-state index in [1.165, 1.54) is 12.8 Å². The third-order valence-electron chi connectivity index (χ3n) is 2.42. The lowest BCUT2D eigenvalue weighted by Gasteiger charge is -2.07. The molecule has 1 aliphatic carbocycles. The van der Waals surface area contributed by atoms with Crippen molar-refractivity contribution in [3.05, 3.63) is 18.0 Å². The molecule has 2 rings (SSSR count). The summed E-state index contributed by atoms with van der Waals surface area (Å²) >= 11 is 0. The van der Waals surface area contributed by atoms with Crippen LogP contribution < -0.4 is 16.6 Å². The molecule has 6 heteroatoms. The molecule has 1 heterocycles. The van der Waals surface area contributed by atoms with Crippen LogP contribution in [0.2, 0.25) is 0 Å². The molecule has 0 aliphatic heterocycles. The Bertz CT molecular complexity index is 365. The van der Waals surface area contributed by atoms with Gasteiger partial charge in [0.05, 0.1) is 19.3 Å². The summed E-state index contributed by atoms with van der Waals surface area (Å²) in [6.45, 7) is 3.46. The van der Waals surface area contributed by atoms with Gasteiger partial charge >= 0.3 is 0 Å². The zero-order valence-corrected chi connectivity index (χ0v) is 9.48. The van der Waals surface area contributed by atoms with Crippen LogP contribution in [0.1, 0.15) is 18.4 Å². The van der Waals surface area contributed by atoms with Crippen molar-refractivity contribution in [2.24, 2.45) is 10.8 Å². The van der Waals surface area contributed by atoms with E-state index in [0.29, 0.717) is 18.5 Å². The third-order valence-corrected chi connectivity index (χ3v) is 2.42. The number of hydrogen-bond donors (Lipinski definition) is 3. The fraction of sp³-hybridized carbons (Fsp3) is 0.600. The minimum Gasteiger partial charge on any atom is -0.353 e. The lowest BCUT2D eigenvalue weighted by molar-refractivity contribution is 0.622. The monoisotopic (exact) mass is 222 g/mol. The Kier molecular flexibility index (Phi) is 3.40. The van der Waals surface area contributed by atoms with Crippen molar-refractivity contribution >= 4 is 5.96 Å². The zero-order chi connectivity index (χ0) is 11.4. The van der Waals surface area contributed by atoms with Crippen molar-refractivity contribution in [1.29, 1.82) is 0 Å². The molecular weight excluding hydrogens is 204 g/mol. The summed E-state index contributed by atoms with van der Waals surface area (Å²) in [4.78, 5) is 4.34. The summed E-state index contributed by atoms with van der Waals surface area (Å²) in [5.41, 5.74) is 3.74. The maximum absolute atomic E-state index is 5.37. The van der Waals surface area contributed by atoms with Crippen LogP contribution in [-0.2, 0) is 6.54 Å². The van der Waals surface area contributed by atoms with Gasteiger partial charge in [-0.05, 0) is 25.3 Å². The van der Waals surface area contributed by atoms with E-state index in [9.17, 15) is 0 Å². The second-order valence-electron chi connectivity index (χ2n) is 4.07. The standard InChI is InChI=1S/C10H18N6/c1-8-6-13-16(7-8)5-4-12-10(15-11)14-9-2-3-9/h6-7,9H,2-5,11H2,1H3,(H2,12,14,15). The van der Waals surface area contributed by atoms with Crippen molar-refractivity contribution in [2.75, 3.05) is 6.54 Å². The van der Waals surface area contributed by atoms with E-state index < -0.39 is 0 Å². The number of rotatable bonds is 4. The number of hydrogen-bond acceptors (Lipinski definition) is 3. The Labute approximate surface area is 94.9 Å². The largest absolute Gasteiger partial charge is 0.353 e. The molecule has 1 fully saturated rings. The van der Waals surface area contributed by atoms with E-state index in [1.54, 1.807) is 0 Å². The zero-order valence-electron chi connectivity index (χ0n) is 9.48. The van der Waals surface area contributed by atoms with Crippen LogP contribution >= 0.6 is 0 Å². The number of aryl methyl sites for hydroxylation is 1. The minimum absolute atomic E-state index is 0.557. The van der Waals surface area contributed by atoms with Crippen LogP contribution in [-0.4, -0.2) is 28.3 Å². The SMILES string of the molecule is Cc1cnn(CCN=C(NN)NC2CC2)c1. The van der Waals surface area contributed by atoms with Gasteiger partial charge in [0.25, 0.3) is 0 Å². The molecule has 0 atom stereocenters. The molecule has 0 spiro atoms. The normalized spacial score (nSPS) is 16.2. The van der Waals surface area contributed by atoms with Crippen molar-refractivity contribution < 1.29 is 0 Å². The van der Waals surface area contributed by atoms with Gasteiger partial charge in [0, 0.05) is 12.2 Å². The van der Waals surface area contributed by atoms with Crippen LogP contribution in [0, 0.1) is 6.92 Å². The Morgan fingerprint density at radius 1 is 1.69 bits per heavy atom. The fourth-order valence-electron chi connectivity index (χ4n) is 1.41. The van der Waals surface area contributed by atoms with Crippen LogP contribution in [0.5, 0.6) is 0 Å². The van der Waals surface area contributed by atoms with Crippen molar-refractivity contribution in [3.63, 3.8) is 0 Å². The van der Waals surface area contributed by atoms with Gasteiger partial charge in [-0.15, -0.1) is 0 Å². The maximum Gasteiger partial charge on any atom is 0.206 e. The topological polar surface area (TPSA) is 80.3 Å². The summed E-state index contributed by atoms with van der Waals surface area (Å²) < 4.78 is 1.88. The summed E-state index contributed by atoms with van der Waals surface area (Å²) in [6, 6.07) is 0.557. The lowest BCUT2D eigenvalue weighted by atomic mass is 10.4. The summed E-state index contributed by atoms with van der Waals surface area (Å²) in [5, 5.41) is 7.40. The Balaban J connectivity index is 1.77. The van der Waals surface area contributed by atoms with Crippen molar-refractivity contribution in [3.8, 4) is 0 Å². The summed E-state index contributed by atoms with van der Waals surface area (Å²) in [7, 11) is 0. The number of nitrogens with one attached hydrogen (secondary N) is 2. The average molecular weight is 222 g/mol. The molecule has 88 valence electrons. The fourth-order valence-corrected chi connectivity index (χ4v) is 1.41. The predicted octanol–water partition coefficient (Wildman–Crippen LogP) is -0.237. The van der Waals surface area contributed by atoms with Crippen molar-refractivity contribution in [1.82, 2.24) is 20.5 Å². The first-order valence-electron chi connectivity index (χ1n) is 5.54. The Morgan fingerprint density at radius 2 is 2.50 bits per heavy atom. The molecule has 0 aromatic carbocycles. The van der Waals surface area contributed by atoms with Crippen LogP contribution in [0.25, 0.3) is 0 Å². The number of aliphatic imine (C=N–C) groups is 1. The average Bonchev–Trinajstić information content (AvgIpc) is 3.00. The number of nitrogens with zero attached hydrogens (tertiary/aromatic N) is 3. The number of hydrazine groups is 1. The van der Waals surface area contributed by atoms with Gasteiger partial charge in [-0.2, -0.15) is 5.10 Å². The molecule has 0 radical (unpaired) electrons. The second-order valence-corrected chi connectivity index (χ2v) is 4.07. The molecule has 1 aliphatic rings. The van der Waals surface area contributed by atoms with Gasteiger partial charge in [0.15, 0.2) is 0 Å². The molecule has 0 bridgehead atoms. The van der Waals surface area contributed by atoms with Gasteiger partial charge in [0.2, 0.25) is 5.96 Å². The predicted molar refractivity (Wildman–Crippen MR) is 62.7 cm³/mol. The first kappa shape index (κ1) is 10.9. The number of aromatic nitrogens is 2. The van der Waals surface area contributed by atoms with Gasteiger partial charge in [-0.25, -0.2) is 5.84 Å². The highest BCUT2D eigenvalue weighted by Gasteiger charge is 2.21. The van der Waals surface area contributed by atoms with E-state index >= 15 is 0 Å². The highest BCUT2D eigenvalue weighted by molar-refractivity contribution is 5.79. The second kappa shape index (κ2) is 4.98. The van der Waals surface area contributed by atoms with Gasteiger partial charge in [0.1, 0.15) is 0 Å². The molecule has 1 saturated carbocycles. The molecule has 16 heavy (non-hydrogen) atoms. The Hall–Kier alpha value is -1.56.